The number of rotatable bonds is 5. The van der Waals surface area contributed by atoms with Gasteiger partial charge >= 0.3 is 0 Å². The molecule has 0 amide bonds. The molecule has 0 aliphatic rings. The number of aromatic amines is 2. The van der Waals surface area contributed by atoms with E-state index in [1.54, 1.807) is 0 Å². The first kappa shape index (κ1) is 15.1. The molecule has 0 spiro atoms. The van der Waals surface area contributed by atoms with Crippen molar-refractivity contribution in [1.29, 1.82) is 0 Å². The van der Waals surface area contributed by atoms with Crippen molar-refractivity contribution in [3.63, 3.8) is 0 Å². The van der Waals surface area contributed by atoms with E-state index in [1.165, 1.54) is 11.4 Å². The van der Waals surface area contributed by atoms with Gasteiger partial charge in [-0.3, -0.25) is 0 Å². The maximum Gasteiger partial charge on any atom is 0.192 e. The van der Waals surface area contributed by atoms with Crippen LogP contribution < -0.4 is 0 Å². The third-order valence-electron chi connectivity index (χ3n) is 4.41. The van der Waals surface area contributed by atoms with E-state index in [-0.39, 0.29) is 11.0 Å². The zero-order valence-corrected chi connectivity index (χ0v) is 14.2. The summed E-state index contributed by atoms with van der Waals surface area (Å²) >= 11 is 0. The summed E-state index contributed by atoms with van der Waals surface area (Å²) in [6.45, 7) is 12.1. The largest absolute Gasteiger partial charge is 0.416 e. The molecule has 2 heterocycles. The van der Waals surface area contributed by atoms with E-state index in [0.717, 1.165) is 6.61 Å². The first-order valence-electron chi connectivity index (χ1n) is 7.22. The molecule has 4 heteroatoms. The number of hydrogen-bond acceptors (Lipinski definition) is 1. The van der Waals surface area contributed by atoms with E-state index in [4.69, 9.17) is 4.43 Å². The SMILES string of the molecule is CC(C)(C)[Si](C)(C)OCC(c1ccc[nH]1)c1ccc[nH]1. The summed E-state index contributed by atoms with van der Waals surface area (Å²) in [5, 5.41) is 0.239. The Balaban J connectivity index is 2.15. The van der Waals surface area contributed by atoms with Gasteiger partial charge in [-0.2, -0.15) is 0 Å². The smallest absolute Gasteiger partial charge is 0.192 e. The quantitative estimate of drug-likeness (QED) is 0.782. The Labute approximate surface area is 122 Å². The van der Waals surface area contributed by atoms with Gasteiger partial charge in [0.2, 0.25) is 0 Å². The second kappa shape index (κ2) is 5.62. The van der Waals surface area contributed by atoms with Crippen molar-refractivity contribution in [2.45, 2.75) is 44.8 Å². The second-order valence-electron chi connectivity index (χ2n) is 6.87. The average molecular weight is 290 g/mol. The number of H-pyrrole nitrogens is 2. The third kappa shape index (κ3) is 3.25. The Kier molecular flexibility index (Phi) is 4.25. The molecule has 110 valence electrons. The van der Waals surface area contributed by atoms with Crippen LogP contribution in [-0.4, -0.2) is 24.9 Å². The van der Waals surface area contributed by atoms with E-state index in [2.05, 4.69) is 56.0 Å². The Morgan fingerprint density at radius 2 is 1.55 bits per heavy atom. The molecule has 0 atom stereocenters. The molecule has 2 aromatic rings. The van der Waals surface area contributed by atoms with Gasteiger partial charge in [-0.05, 0) is 42.4 Å². The highest BCUT2D eigenvalue weighted by Crippen LogP contribution is 2.37. The molecule has 2 N–H and O–H groups in total. The lowest BCUT2D eigenvalue weighted by Crippen LogP contribution is -2.41. The van der Waals surface area contributed by atoms with Gasteiger partial charge in [-0.25, -0.2) is 0 Å². The molecular formula is C16H26N2OSi. The van der Waals surface area contributed by atoms with Crippen molar-refractivity contribution in [2.75, 3.05) is 6.61 Å². The maximum absolute atomic E-state index is 6.40. The summed E-state index contributed by atoms with van der Waals surface area (Å²) in [6, 6.07) is 8.33. The summed E-state index contributed by atoms with van der Waals surface area (Å²) in [5.74, 6) is 0.245. The molecule has 0 saturated carbocycles. The topological polar surface area (TPSA) is 40.8 Å². The van der Waals surface area contributed by atoms with E-state index in [1.807, 2.05) is 24.5 Å². The molecule has 3 nitrogen and oxygen atoms in total. The molecule has 0 aromatic carbocycles. The van der Waals surface area contributed by atoms with Crippen LogP contribution in [0.3, 0.4) is 0 Å². The molecule has 0 aliphatic heterocycles. The number of hydrogen-bond donors (Lipinski definition) is 2. The Bertz CT molecular complexity index is 475. The van der Waals surface area contributed by atoms with Crippen molar-refractivity contribution in [2.24, 2.45) is 0 Å². The fraction of sp³-hybridized carbons (Fsp3) is 0.500. The summed E-state index contributed by atoms with van der Waals surface area (Å²) in [6.07, 6.45) is 3.94. The van der Waals surface area contributed by atoms with Crippen LogP contribution in [0.1, 0.15) is 38.1 Å². The summed E-state index contributed by atoms with van der Waals surface area (Å²) in [5.41, 5.74) is 2.40. The third-order valence-corrected chi connectivity index (χ3v) is 8.91. The van der Waals surface area contributed by atoms with Crippen LogP contribution in [0.5, 0.6) is 0 Å². The predicted octanol–water partition coefficient (Wildman–Crippen LogP) is 4.50. The predicted molar refractivity (Wildman–Crippen MR) is 86.6 cm³/mol. The molecule has 0 radical (unpaired) electrons. The minimum atomic E-state index is -1.72. The van der Waals surface area contributed by atoms with Crippen molar-refractivity contribution in [3.05, 3.63) is 48.0 Å². The lowest BCUT2D eigenvalue weighted by molar-refractivity contribution is 0.273. The lowest BCUT2D eigenvalue weighted by atomic mass is 10.0. The summed E-state index contributed by atoms with van der Waals surface area (Å²) < 4.78 is 6.40. The zero-order chi connectivity index (χ0) is 14.8. The maximum atomic E-state index is 6.40. The molecule has 0 bridgehead atoms. The molecular weight excluding hydrogens is 264 g/mol. The van der Waals surface area contributed by atoms with Gasteiger partial charge in [0.05, 0.1) is 5.92 Å². The molecule has 0 saturated heterocycles. The van der Waals surface area contributed by atoms with Gasteiger partial charge in [-0.15, -0.1) is 0 Å². The van der Waals surface area contributed by atoms with Gasteiger partial charge in [-0.1, -0.05) is 20.8 Å². The highest BCUT2D eigenvalue weighted by Gasteiger charge is 2.37. The standard InChI is InChI=1S/C16H26N2OSi/c1-16(2,3)20(4,5)19-12-13(14-8-6-10-17-14)15-9-7-11-18-15/h6-11,13,17-18H,12H2,1-5H3. The van der Waals surface area contributed by atoms with Crippen molar-refractivity contribution < 1.29 is 4.43 Å². The first-order valence-corrected chi connectivity index (χ1v) is 10.1. The summed E-state index contributed by atoms with van der Waals surface area (Å²) in [4.78, 5) is 6.63. The van der Waals surface area contributed by atoms with Crippen LogP contribution >= 0.6 is 0 Å². The average Bonchev–Trinajstić information content (AvgIpc) is 2.99. The Morgan fingerprint density at radius 1 is 1.05 bits per heavy atom. The van der Waals surface area contributed by atoms with E-state index >= 15 is 0 Å². The van der Waals surface area contributed by atoms with Crippen LogP contribution in [0.4, 0.5) is 0 Å². The van der Waals surface area contributed by atoms with Crippen LogP contribution in [0.2, 0.25) is 18.1 Å². The molecule has 2 rings (SSSR count). The monoisotopic (exact) mass is 290 g/mol. The molecule has 20 heavy (non-hydrogen) atoms. The van der Waals surface area contributed by atoms with E-state index < -0.39 is 8.32 Å². The molecule has 0 aliphatic carbocycles. The van der Waals surface area contributed by atoms with Gasteiger partial charge in [0, 0.05) is 30.4 Å². The highest BCUT2D eigenvalue weighted by molar-refractivity contribution is 6.74. The Hall–Kier alpha value is -1.26. The minimum absolute atomic E-state index is 0.239. The van der Waals surface area contributed by atoms with Gasteiger partial charge in [0.1, 0.15) is 0 Å². The van der Waals surface area contributed by atoms with E-state index in [9.17, 15) is 0 Å². The molecule has 0 fully saturated rings. The second-order valence-corrected chi connectivity index (χ2v) is 11.7. The lowest BCUT2D eigenvalue weighted by Gasteiger charge is -2.37. The number of nitrogens with one attached hydrogen (secondary N) is 2. The minimum Gasteiger partial charge on any atom is -0.416 e. The highest BCUT2D eigenvalue weighted by atomic mass is 28.4. The molecule has 2 aromatic heterocycles. The normalized spacial score (nSPS) is 13.1. The van der Waals surface area contributed by atoms with E-state index in [0.29, 0.717) is 0 Å². The number of aromatic nitrogens is 2. The van der Waals surface area contributed by atoms with Crippen LogP contribution in [0.25, 0.3) is 0 Å². The van der Waals surface area contributed by atoms with Crippen LogP contribution in [-0.2, 0) is 4.43 Å². The van der Waals surface area contributed by atoms with Gasteiger partial charge < -0.3 is 14.4 Å². The zero-order valence-electron chi connectivity index (χ0n) is 13.2. The van der Waals surface area contributed by atoms with Crippen molar-refractivity contribution in [3.8, 4) is 0 Å². The fourth-order valence-electron chi connectivity index (χ4n) is 1.98. The molecule has 0 unspecified atom stereocenters. The van der Waals surface area contributed by atoms with Crippen molar-refractivity contribution >= 4 is 8.32 Å². The fourth-order valence-corrected chi connectivity index (χ4v) is 2.99. The van der Waals surface area contributed by atoms with Gasteiger partial charge in [0.25, 0.3) is 0 Å². The summed E-state index contributed by atoms with van der Waals surface area (Å²) in [7, 11) is -1.72. The first-order chi connectivity index (χ1) is 9.31. The van der Waals surface area contributed by atoms with Crippen LogP contribution in [0, 0.1) is 0 Å². The van der Waals surface area contributed by atoms with Crippen molar-refractivity contribution in [1.82, 2.24) is 9.97 Å². The van der Waals surface area contributed by atoms with Gasteiger partial charge in [0.15, 0.2) is 8.32 Å². The van der Waals surface area contributed by atoms with Crippen LogP contribution in [0.15, 0.2) is 36.7 Å². The Morgan fingerprint density at radius 3 is 1.90 bits per heavy atom.